The van der Waals surface area contributed by atoms with E-state index in [1.807, 2.05) is 6.92 Å². The normalized spacial score (nSPS) is 15.7. The molecule has 6 nitrogen and oxygen atoms in total. The van der Waals surface area contributed by atoms with Gasteiger partial charge in [0.05, 0.1) is 23.7 Å². The number of ether oxygens (including phenoxy) is 2. The van der Waals surface area contributed by atoms with Crippen LogP contribution in [0.5, 0.6) is 17.2 Å². The van der Waals surface area contributed by atoms with E-state index < -0.39 is 6.04 Å². The molecule has 164 valence electrons. The lowest BCUT2D eigenvalue weighted by molar-refractivity contribution is -0.121. The zero-order chi connectivity index (χ0) is 22.7. The minimum absolute atomic E-state index is 0.0483. The molecule has 0 radical (unpaired) electrons. The lowest BCUT2D eigenvalue weighted by Crippen LogP contribution is -2.34. The molecule has 32 heavy (non-hydrogen) atoms. The maximum absolute atomic E-state index is 12.9. The molecule has 8 heteroatoms. The van der Waals surface area contributed by atoms with Crippen molar-refractivity contribution in [2.24, 2.45) is 0 Å². The Kier molecular flexibility index (Phi) is 6.53. The van der Waals surface area contributed by atoms with Gasteiger partial charge >= 0.3 is 0 Å². The average molecular weight is 471 g/mol. The Bertz CT molecular complexity index is 1130. The van der Waals surface area contributed by atoms with Crippen molar-refractivity contribution in [3.05, 3.63) is 76.8 Å². The molecule has 3 aromatic rings. The first kappa shape index (κ1) is 22.0. The number of imide groups is 1. The zero-order valence-electron chi connectivity index (χ0n) is 17.2. The van der Waals surface area contributed by atoms with E-state index in [9.17, 15) is 9.59 Å². The van der Waals surface area contributed by atoms with Gasteiger partial charge in [0.1, 0.15) is 23.3 Å². The smallest absolute Gasteiger partial charge is 0.256 e. The van der Waals surface area contributed by atoms with Crippen molar-refractivity contribution in [1.29, 1.82) is 0 Å². The van der Waals surface area contributed by atoms with Crippen LogP contribution in [-0.4, -0.2) is 24.5 Å². The van der Waals surface area contributed by atoms with E-state index in [0.717, 1.165) is 0 Å². The summed E-state index contributed by atoms with van der Waals surface area (Å²) in [4.78, 5) is 26.6. The standard InChI is InChI=1S/C24H20Cl2N2O4/c1-2-31-18-10-6-17(7-11-18)28-23(29)14-21(24(28)30)27-16-5-12-22(20(26)13-16)32-19-8-3-15(25)4-9-19/h3-13,21,27H,2,14H2,1H3. The van der Waals surface area contributed by atoms with Gasteiger partial charge in [0, 0.05) is 10.7 Å². The molecule has 1 fully saturated rings. The van der Waals surface area contributed by atoms with Gasteiger partial charge in [-0.3, -0.25) is 9.59 Å². The van der Waals surface area contributed by atoms with Crippen LogP contribution in [0, 0.1) is 0 Å². The minimum atomic E-state index is -0.687. The summed E-state index contributed by atoms with van der Waals surface area (Å²) in [5, 5.41) is 4.07. The molecule has 3 aromatic carbocycles. The third-order valence-electron chi connectivity index (χ3n) is 4.87. The second kappa shape index (κ2) is 9.51. The number of carbonyl (C=O) groups excluding carboxylic acids is 2. The molecule has 2 amide bonds. The van der Waals surface area contributed by atoms with Crippen molar-refractivity contribution in [3.63, 3.8) is 0 Å². The maximum Gasteiger partial charge on any atom is 0.256 e. The number of hydrogen-bond acceptors (Lipinski definition) is 5. The second-order valence-corrected chi connectivity index (χ2v) is 7.94. The fourth-order valence-corrected chi connectivity index (χ4v) is 3.72. The lowest BCUT2D eigenvalue weighted by atomic mass is 10.2. The molecule has 1 saturated heterocycles. The van der Waals surface area contributed by atoms with Crippen LogP contribution in [-0.2, 0) is 9.59 Å². The summed E-state index contributed by atoms with van der Waals surface area (Å²) in [6, 6.07) is 18.2. The summed E-state index contributed by atoms with van der Waals surface area (Å²) in [6.07, 6.45) is 0.0483. The predicted octanol–water partition coefficient (Wildman–Crippen LogP) is 5.93. The van der Waals surface area contributed by atoms with Gasteiger partial charge in [-0.05, 0) is 73.7 Å². The number of carbonyl (C=O) groups is 2. The molecular formula is C24H20Cl2N2O4. The summed E-state index contributed by atoms with van der Waals surface area (Å²) in [6.45, 7) is 2.43. The zero-order valence-corrected chi connectivity index (χ0v) is 18.7. The van der Waals surface area contributed by atoms with E-state index in [0.29, 0.717) is 45.3 Å². The Morgan fingerprint density at radius 3 is 2.31 bits per heavy atom. The molecule has 1 aliphatic heterocycles. The molecule has 1 unspecified atom stereocenters. The number of benzene rings is 3. The second-order valence-electron chi connectivity index (χ2n) is 7.10. The largest absolute Gasteiger partial charge is 0.494 e. The lowest BCUT2D eigenvalue weighted by Gasteiger charge is -2.17. The molecular weight excluding hydrogens is 451 g/mol. The summed E-state index contributed by atoms with van der Waals surface area (Å²) in [5.41, 5.74) is 1.12. The number of amides is 2. The Balaban J connectivity index is 1.44. The Hall–Kier alpha value is -3.22. The third kappa shape index (κ3) is 4.82. The molecule has 0 saturated carbocycles. The van der Waals surface area contributed by atoms with E-state index in [4.69, 9.17) is 32.7 Å². The Morgan fingerprint density at radius 2 is 1.66 bits per heavy atom. The molecule has 0 aliphatic carbocycles. The van der Waals surface area contributed by atoms with Crippen molar-refractivity contribution in [2.45, 2.75) is 19.4 Å². The van der Waals surface area contributed by atoms with Gasteiger partial charge in [0.2, 0.25) is 5.91 Å². The van der Waals surface area contributed by atoms with Gasteiger partial charge in [-0.2, -0.15) is 0 Å². The van der Waals surface area contributed by atoms with Crippen LogP contribution in [0.4, 0.5) is 11.4 Å². The summed E-state index contributed by atoms with van der Waals surface area (Å²) >= 11 is 12.2. The summed E-state index contributed by atoms with van der Waals surface area (Å²) in [7, 11) is 0. The van der Waals surface area contributed by atoms with Crippen molar-refractivity contribution in [1.82, 2.24) is 0 Å². The van der Waals surface area contributed by atoms with E-state index >= 15 is 0 Å². The monoisotopic (exact) mass is 470 g/mol. The highest BCUT2D eigenvalue weighted by Gasteiger charge is 2.39. The van der Waals surface area contributed by atoms with Crippen LogP contribution >= 0.6 is 23.2 Å². The molecule has 1 aliphatic rings. The number of hydrogen-bond donors (Lipinski definition) is 1. The molecule has 1 atom stereocenters. The first-order chi connectivity index (χ1) is 15.4. The van der Waals surface area contributed by atoms with E-state index in [1.165, 1.54) is 4.90 Å². The fourth-order valence-electron chi connectivity index (χ4n) is 3.38. The van der Waals surface area contributed by atoms with Gasteiger partial charge in [-0.15, -0.1) is 0 Å². The number of nitrogens with zero attached hydrogens (tertiary/aromatic N) is 1. The molecule has 0 bridgehead atoms. The highest BCUT2D eigenvalue weighted by atomic mass is 35.5. The Labute approximate surface area is 195 Å². The first-order valence-electron chi connectivity index (χ1n) is 10.0. The van der Waals surface area contributed by atoms with Crippen molar-refractivity contribution in [3.8, 4) is 17.2 Å². The number of halogens is 2. The summed E-state index contributed by atoms with van der Waals surface area (Å²) in [5.74, 6) is 1.15. The van der Waals surface area contributed by atoms with E-state index in [1.54, 1.807) is 66.7 Å². The van der Waals surface area contributed by atoms with Crippen molar-refractivity contribution < 1.29 is 19.1 Å². The molecule has 0 spiro atoms. The molecule has 0 aromatic heterocycles. The molecule has 4 rings (SSSR count). The highest BCUT2D eigenvalue weighted by molar-refractivity contribution is 6.32. The van der Waals surface area contributed by atoms with Crippen LogP contribution in [0.1, 0.15) is 13.3 Å². The van der Waals surface area contributed by atoms with Gasteiger partial charge < -0.3 is 14.8 Å². The van der Waals surface area contributed by atoms with Gasteiger partial charge in [-0.1, -0.05) is 23.2 Å². The summed E-state index contributed by atoms with van der Waals surface area (Å²) < 4.78 is 11.2. The molecule has 1 heterocycles. The fraction of sp³-hybridized carbons (Fsp3) is 0.167. The van der Waals surface area contributed by atoms with Crippen LogP contribution < -0.4 is 19.7 Å². The van der Waals surface area contributed by atoms with Gasteiger partial charge in [-0.25, -0.2) is 4.90 Å². The predicted molar refractivity (Wildman–Crippen MR) is 125 cm³/mol. The van der Waals surface area contributed by atoms with Crippen LogP contribution in [0.3, 0.4) is 0 Å². The van der Waals surface area contributed by atoms with Gasteiger partial charge in [0.15, 0.2) is 0 Å². The van der Waals surface area contributed by atoms with Crippen molar-refractivity contribution >= 4 is 46.4 Å². The Morgan fingerprint density at radius 1 is 0.969 bits per heavy atom. The van der Waals surface area contributed by atoms with E-state index in [-0.39, 0.29) is 18.2 Å². The first-order valence-corrected chi connectivity index (χ1v) is 10.8. The topological polar surface area (TPSA) is 67.9 Å². The van der Waals surface area contributed by atoms with Crippen LogP contribution in [0.25, 0.3) is 0 Å². The third-order valence-corrected chi connectivity index (χ3v) is 5.41. The highest BCUT2D eigenvalue weighted by Crippen LogP contribution is 2.33. The van der Waals surface area contributed by atoms with Crippen molar-refractivity contribution in [2.75, 3.05) is 16.8 Å². The van der Waals surface area contributed by atoms with Crippen LogP contribution in [0.15, 0.2) is 66.7 Å². The maximum atomic E-state index is 12.9. The number of rotatable bonds is 7. The minimum Gasteiger partial charge on any atom is -0.494 e. The molecule has 1 N–H and O–H groups in total. The number of nitrogens with one attached hydrogen (secondary N) is 1. The SMILES string of the molecule is CCOc1ccc(N2C(=O)CC(Nc3ccc(Oc4ccc(Cl)cc4)c(Cl)c3)C2=O)cc1. The quantitative estimate of drug-likeness (QED) is 0.433. The number of anilines is 2. The van der Waals surface area contributed by atoms with Gasteiger partial charge in [0.25, 0.3) is 5.91 Å². The van der Waals surface area contributed by atoms with E-state index in [2.05, 4.69) is 5.32 Å². The van der Waals surface area contributed by atoms with Crippen LogP contribution in [0.2, 0.25) is 10.0 Å². The average Bonchev–Trinajstić information content (AvgIpc) is 3.05.